The zero-order chi connectivity index (χ0) is 17.4. The standard InChI is InChI=1S/C18H21N3O3/c1-3-13-6-4-5-7-15(13)21-18(23)16-12-14(8-9-19-16)17(22)20-10-11-24-2/h4-9,12H,3,10-11H2,1-2H3,(H,20,22)(H,21,23). The molecule has 1 heterocycles. The number of amides is 2. The molecular formula is C18H21N3O3. The Bertz CT molecular complexity index is 716. The lowest BCUT2D eigenvalue weighted by Crippen LogP contribution is -2.27. The first-order valence-corrected chi connectivity index (χ1v) is 7.78. The van der Waals surface area contributed by atoms with Crippen LogP contribution in [0.2, 0.25) is 0 Å². The van der Waals surface area contributed by atoms with Gasteiger partial charge in [0.1, 0.15) is 5.69 Å². The Morgan fingerprint density at radius 2 is 1.96 bits per heavy atom. The number of aromatic nitrogens is 1. The average molecular weight is 327 g/mol. The van der Waals surface area contributed by atoms with Gasteiger partial charge in [-0.05, 0) is 30.2 Å². The smallest absolute Gasteiger partial charge is 0.274 e. The Hall–Kier alpha value is -2.73. The summed E-state index contributed by atoms with van der Waals surface area (Å²) in [6, 6.07) is 10.6. The van der Waals surface area contributed by atoms with Gasteiger partial charge in [-0.3, -0.25) is 14.6 Å². The molecule has 24 heavy (non-hydrogen) atoms. The molecule has 1 aromatic carbocycles. The Morgan fingerprint density at radius 1 is 1.17 bits per heavy atom. The fraction of sp³-hybridized carbons (Fsp3) is 0.278. The van der Waals surface area contributed by atoms with Gasteiger partial charge in [0.25, 0.3) is 11.8 Å². The highest BCUT2D eigenvalue weighted by molar-refractivity contribution is 6.05. The highest BCUT2D eigenvalue weighted by atomic mass is 16.5. The van der Waals surface area contributed by atoms with Gasteiger partial charge in [-0.15, -0.1) is 0 Å². The first-order valence-electron chi connectivity index (χ1n) is 7.78. The predicted molar refractivity (Wildman–Crippen MR) is 92.2 cm³/mol. The van der Waals surface area contributed by atoms with Crippen molar-refractivity contribution in [1.29, 1.82) is 0 Å². The van der Waals surface area contributed by atoms with Crippen LogP contribution in [-0.4, -0.2) is 37.1 Å². The summed E-state index contributed by atoms with van der Waals surface area (Å²) in [6.45, 7) is 2.86. The van der Waals surface area contributed by atoms with Crippen molar-refractivity contribution in [3.8, 4) is 0 Å². The third-order valence-electron chi connectivity index (χ3n) is 3.49. The molecule has 0 saturated heterocycles. The molecule has 0 bridgehead atoms. The summed E-state index contributed by atoms with van der Waals surface area (Å²) in [5.74, 6) is -0.611. The molecule has 0 saturated carbocycles. The van der Waals surface area contributed by atoms with E-state index in [1.165, 1.54) is 12.3 Å². The summed E-state index contributed by atoms with van der Waals surface area (Å²) in [6.07, 6.45) is 2.26. The van der Waals surface area contributed by atoms with E-state index in [9.17, 15) is 9.59 Å². The minimum absolute atomic E-state index is 0.195. The molecule has 0 spiro atoms. The Kier molecular flexibility index (Phi) is 6.45. The molecule has 1 aromatic heterocycles. The van der Waals surface area contributed by atoms with Crippen molar-refractivity contribution < 1.29 is 14.3 Å². The fourth-order valence-electron chi connectivity index (χ4n) is 2.20. The van der Waals surface area contributed by atoms with Gasteiger partial charge in [-0.25, -0.2) is 0 Å². The Labute approximate surface area is 141 Å². The maximum absolute atomic E-state index is 12.4. The van der Waals surface area contributed by atoms with Crippen LogP contribution >= 0.6 is 0 Å². The summed E-state index contributed by atoms with van der Waals surface area (Å²) in [4.78, 5) is 28.5. The van der Waals surface area contributed by atoms with Crippen LogP contribution in [0.1, 0.15) is 33.3 Å². The van der Waals surface area contributed by atoms with Gasteiger partial charge in [-0.1, -0.05) is 25.1 Å². The number of hydrogen-bond donors (Lipinski definition) is 2. The minimum atomic E-state index is -0.345. The molecule has 0 unspecified atom stereocenters. The number of carbonyl (C=O) groups is 2. The topological polar surface area (TPSA) is 80.3 Å². The zero-order valence-electron chi connectivity index (χ0n) is 13.8. The van der Waals surface area contributed by atoms with Crippen LogP contribution in [-0.2, 0) is 11.2 Å². The fourth-order valence-corrected chi connectivity index (χ4v) is 2.20. The van der Waals surface area contributed by atoms with E-state index in [4.69, 9.17) is 4.74 Å². The highest BCUT2D eigenvalue weighted by Gasteiger charge is 2.13. The zero-order valence-corrected chi connectivity index (χ0v) is 13.8. The maximum Gasteiger partial charge on any atom is 0.274 e. The van der Waals surface area contributed by atoms with Crippen molar-refractivity contribution in [2.24, 2.45) is 0 Å². The summed E-state index contributed by atoms with van der Waals surface area (Å²) in [5, 5.41) is 5.55. The van der Waals surface area contributed by atoms with Crippen molar-refractivity contribution in [3.05, 3.63) is 59.4 Å². The molecule has 0 fully saturated rings. The molecular weight excluding hydrogens is 306 g/mol. The Balaban J connectivity index is 2.10. The van der Waals surface area contributed by atoms with E-state index >= 15 is 0 Å². The molecule has 6 heteroatoms. The van der Waals surface area contributed by atoms with Crippen LogP contribution in [0.4, 0.5) is 5.69 Å². The SMILES string of the molecule is CCc1ccccc1NC(=O)c1cc(C(=O)NCCOC)ccn1. The number of aryl methyl sites for hydroxylation is 1. The highest BCUT2D eigenvalue weighted by Crippen LogP contribution is 2.16. The van der Waals surface area contributed by atoms with Gasteiger partial charge in [-0.2, -0.15) is 0 Å². The van der Waals surface area contributed by atoms with E-state index in [0.717, 1.165) is 17.7 Å². The van der Waals surface area contributed by atoms with Gasteiger partial charge in [0, 0.05) is 31.1 Å². The van der Waals surface area contributed by atoms with Gasteiger partial charge in [0.05, 0.1) is 6.61 Å². The lowest BCUT2D eigenvalue weighted by Gasteiger charge is -2.10. The largest absolute Gasteiger partial charge is 0.383 e. The molecule has 0 atom stereocenters. The molecule has 2 aromatic rings. The predicted octanol–water partition coefficient (Wildman–Crippen LogP) is 2.27. The van der Waals surface area contributed by atoms with E-state index in [-0.39, 0.29) is 17.5 Å². The van der Waals surface area contributed by atoms with Crippen LogP contribution in [0, 0.1) is 0 Å². The lowest BCUT2D eigenvalue weighted by molar-refractivity contribution is 0.0937. The quantitative estimate of drug-likeness (QED) is 0.765. The van der Waals surface area contributed by atoms with Crippen molar-refractivity contribution in [2.75, 3.05) is 25.6 Å². The van der Waals surface area contributed by atoms with Crippen molar-refractivity contribution in [3.63, 3.8) is 0 Å². The van der Waals surface area contributed by atoms with Gasteiger partial charge < -0.3 is 15.4 Å². The molecule has 6 nitrogen and oxygen atoms in total. The number of pyridine rings is 1. The second kappa shape index (κ2) is 8.79. The second-order valence-electron chi connectivity index (χ2n) is 5.14. The molecule has 0 aliphatic heterocycles. The number of ether oxygens (including phenoxy) is 1. The number of rotatable bonds is 7. The number of nitrogens with one attached hydrogen (secondary N) is 2. The number of benzene rings is 1. The molecule has 0 aliphatic rings. The molecule has 0 aliphatic carbocycles. The van der Waals surface area contributed by atoms with Crippen molar-refractivity contribution in [1.82, 2.24) is 10.3 Å². The Morgan fingerprint density at radius 3 is 2.71 bits per heavy atom. The van der Waals surface area contributed by atoms with Gasteiger partial charge >= 0.3 is 0 Å². The van der Waals surface area contributed by atoms with Crippen LogP contribution in [0.15, 0.2) is 42.6 Å². The van der Waals surface area contributed by atoms with Crippen molar-refractivity contribution >= 4 is 17.5 Å². The average Bonchev–Trinajstić information content (AvgIpc) is 2.62. The number of nitrogens with zero attached hydrogens (tertiary/aromatic N) is 1. The van der Waals surface area contributed by atoms with Crippen LogP contribution in [0.3, 0.4) is 0 Å². The number of methoxy groups -OCH3 is 1. The van der Waals surface area contributed by atoms with E-state index in [1.807, 2.05) is 31.2 Å². The lowest BCUT2D eigenvalue weighted by atomic mass is 10.1. The van der Waals surface area contributed by atoms with Crippen molar-refractivity contribution in [2.45, 2.75) is 13.3 Å². The van der Waals surface area contributed by atoms with Crippen LogP contribution < -0.4 is 10.6 Å². The molecule has 2 amide bonds. The van der Waals surface area contributed by atoms with E-state index in [0.29, 0.717) is 18.7 Å². The summed E-state index contributed by atoms with van der Waals surface area (Å²) >= 11 is 0. The van der Waals surface area contributed by atoms with E-state index < -0.39 is 0 Å². The monoisotopic (exact) mass is 327 g/mol. The number of para-hydroxylation sites is 1. The first kappa shape index (κ1) is 17.6. The van der Waals surface area contributed by atoms with E-state index in [2.05, 4.69) is 15.6 Å². The number of hydrogen-bond acceptors (Lipinski definition) is 4. The maximum atomic E-state index is 12.4. The normalized spacial score (nSPS) is 10.2. The second-order valence-corrected chi connectivity index (χ2v) is 5.14. The third kappa shape index (κ3) is 4.63. The van der Waals surface area contributed by atoms with Crippen LogP contribution in [0.25, 0.3) is 0 Å². The molecule has 2 rings (SSSR count). The third-order valence-corrected chi connectivity index (χ3v) is 3.49. The summed E-state index contributed by atoms with van der Waals surface area (Å²) in [5.41, 5.74) is 2.37. The van der Waals surface area contributed by atoms with Crippen LogP contribution in [0.5, 0.6) is 0 Å². The van der Waals surface area contributed by atoms with E-state index in [1.54, 1.807) is 13.2 Å². The molecule has 126 valence electrons. The minimum Gasteiger partial charge on any atom is -0.383 e. The number of anilines is 1. The van der Waals surface area contributed by atoms with Gasteiger partial charge in [0.15, 0.2) is 0 Å². The molecule has 2 N–H and O–H groups in total. The first-order chi connectivity index (χ1) is 11.7. The summed E-state index contributed by atoms with van der Waals surface area (Å²) < 4.78 is 4.89. The summed E-state index contributed by atoms with van der Waals surface area (Å²) in [7, 11) is 1.56. The van der Waals surface area contributed by atoms with Gasteiger partial charge in [0.2, 0.25) is 0 Å². The number of carbonyl (C=O) groups excluding carboxylic acids is 2. The molecule has 0 radical (unpaired) electrons.